The van der Waals surface area contributed by atoms with Crippen LogP contribution < -0.4 is 0 Å². The molecular weight excluding hydrogens is 292 g/mol. The molecule has 0 amide bonds. The molecule has 0 radical (unpaired) electrons. The highest BCUT2D eigenvalue weighted by atomic mass is 15.1. The van der Waals surface area contributed by atoms with Crippen molar-refractivity contribution in [1.29, 1.82) is 0 Å². The second kappa shape index (κ2) is 6.21. The number of pyridine rings is 1. The van der Waals surface area contributed by atoms with Crippen molar-refractivity contribution in [2.75, 3.05) is 20.6 Å². The minimum absolute atomic E-state index is 0.479. The molecule has 1 aliphatic rings. The number of fused-ring (bicyclic) bond motifs is 2. The Morgan fingerprint density at radius 3 is 2.54 bits per heavy atom. The van der Waals surface area contributed by atoms with Crippen LogP contribution in [-0.2, 0) is 0 Å². The maximum Gasteiger partial charge on any atom is 0.0709 e. The molecule has 2 nitrogen and oxygen atoms in total. The molecule has 2 aromatic carbocycles. The van der Waals surface area contributed by atoms with Crippen LogP contribution in [0.2, 0.25) is 0 Å². The lowest BCUT2D eigenvalue weighted by Crippen LogP contribution is -2.23. The minimum Gasteiger partial charge on any atom is -0.309 e. The third-order valence-electron chi connectivity index (χ3n) is 4.73. The Hall–Kier alpha value is -2.45. The highest BCUT2D eigenvalue weighted by Gasteiger charge is 2.24. The fraction of sp³-hybridized carbons (Fsp3) is 0.227. The molecule has 0 bridgehead atoms. The molecule has 120 valence electrons. The molecule has 0 aliphatic heterocycles. The molecule has 1 aliphatic carbocycles. The fourth-order valence-electron chi connectivity index (χ4n) is 3.65. The Balaban J connectivity index is 1.87. The number of likely N-dealkylation sites (N-methyl/N-ethyl adjacent to an activating group) is 1. The van der Waals surface area contributed by atoms with E-state index in [9.17, 15) is 0 Å². The lowest BCUT2D eigenvalue weighted by Gasteiger charge is -2.28. The van der Waals surface area contributed by atoms with Crippen LogP contribution in [0.25, 0.3) is 22.6 Å². The van der Waals surface area contributed by atoms with Crippen molar-refractivity contribution >= 4 is 22.6 Å². The molecule has 0 N–H and O–H groups in total. The molecule has 0 fully saturated rings. The van der Waals surface area contributed by atoms with Crippen molar-refractivity contribution in [2.45, 2.75) is 12.3 Å². The molecule has 0 saturated heterocycles. The third-order valence-corrected chi connectivity index (χ3v) is 4.73. The SMILES string of the molecule is CN(C)CC1CC(c2ccccc2)=Cc2nc3ccccc3cc21. The van der Waals surface area contributed by atoms with Crippen LogP contribution in [0, 0.1) is 0 Å². The highest BCUT2D eigenvalue weighted by molar-refractivity contribution is 5.88. The largest absolute Gasteiger partial charge is 0.309 e. The van der Waals surface area contributed by atoms with Crippen LogP contribution in [0.3, 0.4) is 0 Å². The van der Waals surface area contributed by atoms with Crippen molar-refractivity contribution in [1.82, 2.24) is 9.88 Å². The molecule has 1 heterocycles. The lowest BCUT2D eigenvalue weighted by molar-refractivity contribution is 0.374. The van der Waals surface area contributed by atoms with E-state index in [1.54, 1.807) is 0 Å². The molecule has 0 saturated carbocycles. The normalized spacial score (nSPS) is 17.0. The van der Waals surface area contributed by atoms with E-state index in [1.165, 1.54) is 22.1 Å². The summed E-state index contributed by atoms with van der Waals surface area (Å²) in [4.78, 5) is 7.23. The summed E-state index contributed by atoms with van der Waals surface area (Å²) in [5, 5.41) is 1.23. The lowest BCUT2D eigenvalue weighted by atomic mass is 9.82. The summed E-state index contributed by atoms with van der Waals surface area (Å²) in [5.74, 6) is 0.479. The van der Waals surface area contributed by atoms with Crippen LogP contribution in [0.1, 0.15) is 29.2 Å². The van der Waals surface area contributed by atoms with Gasteiger partial charge in [0.2, 0.25) is 0 Å². The van der Waals surface area contributed by atoms with E-state index in [2.05, 4.69) is 85.7 Å². The van der Waals surface area contributed by atoms with Gasteiger partial charge in [-0.25, -0.2) is 4.98 Å². The molecular formula is C22H22N2. The van der Waals surface area contributed by atoms with Gasteiger partial charge in [-0.3, -0.25) is 0 Å². The first-order chi connectivity index (χ1) is 11.7. The van der Waals surface area contributed by atoms with Gasteiger partial charge in [-0.15, -0.1) is 0 Å². The summed E-state index contributed by atoms with van der Waals surface area (Å²) in [6.07, 6.45) is 3.35. The van der Waals surface area contributed by atoms with Gasteiger partial charge < -0.3 is 4.90 Å². The molecule has 1 unspecified atom stereocenters. The predicted octanol–water partition coefficient (Wildman–Crippen LogP) is 4.82. The Morgan fingerprint density at radius 1 is 1.00 bits per heavy atom. The van der Waals surface area contributed by atoms with Crippen LogP contribution in [-0.4, -0.2) is 30.5 Å². The zero-order valence-corrected chi connectivity index (χ0v) is 14.2. The van der Waals surface area contributed by atoms with Crippen molar-refractivity contribution in [3.8, 4) is 0 Å². The van der Waals surface area contributed by atoms with Gasteiger partial charge in [0.05, 0.1) is 11.2 Å². The summed E-state index contributed by atoms with van der Waals surface area (Å²) in [6.45, 7) is 1.04. The van der Waals surface area contributed by atoms with Gasteiger partial charge in [0.15, 0.2) is 0 Å². The minimum atomic E-state index is 0.479. The topological polar surface area (TPSA) is 16.1 Å². The van der Waals surface area contributed by atoms with E-state index in [0.29, 0.717) is 5.92 Å². The van der Waals surface area contributed by atoms with E-state index in [0.717, 1.165) is 24.2 Å². The second-order valence-electron chi connectivity index (χ2n) is 6.85. The molecule has 3 aromatic rings. The molecule has 1 atom stereocenters. The van der Waals surface area contributed by atoms with Gasteiger partial charge in [-0.05, 0) is 55.4 Å². The number of rotatable bonds is 3. The third kappa shape index (κ3) is 2.85. The van der Waals surface area contributed by atoms with Gasteiger partial charge in [-0.2, -0.15) is 0 Å². The Bertz CT molecular complexity index is 894. The maximum atomic E-state index is 4.95. The van der Waals surface area contributed by atoms with Crippen molar-refractivity contribution in [3.05, 3.63) is 77.5 Å². The fourth-order valence-corrected chi connectivity index (χ4v) is 3.65. The van der Waals surface area contributed by atoms with Crippen molar-refractivity contribution in [2.24, 2.45) is 0 Å². The van der Waals surface area contributed by atoms with Gasteiger partial charge >= 0.3 is 0 Å². The molecule has 2 heteroatoms. The zero-order chi connectivity index (χ0) is 16.5. The summed E-state index contributed by atoms with van der Waals surface area (Å²) in [6, 6.07) is 21.4. The Kier molecular flexibility index (Phi) is 3.91. The monoisotopic (exact) mass is 314 g/mol. The number of nitrogens with zero attached hydrogens (tertiary/aromatic N) is 2. The van der Waals surface area contributed by atoms with E-state index in [4.69, 9.17) is 4.98 Å². The predicted molar refractivity (Wildman–Crippen MR) is 102 cm³/mol. The molecule has 24 heavy (non-hydrogen) atoms. The number of allylic oxidation sites excluding steroid dienone is 1. The van der Waals surface area contributed by atoms with E-state index in [-0.39, 0.29) is 0 Å². The molecule has 0 spiro atoms. The van der Waals surface area contributed by atoms with Crippen molar-refractivity contribution < 1.29 is 0 Å². The number of aromatic nitrogens is 1. The average Bonchev–Trinajstić information content (AvgIpc) is 2.60. The van der Waals surface area contributed by atoms with Gasteiger partial charge in [0.25, 0.3) is 0 Å². The standard InChI is InChI=1S/C22H22N2/c1-24(2)15-19-12-18(16-8-4-3-5-9-16)14-22-20(19)13-17-10-6-7-11-21(17)23-22/h3-11,13-14,19H,12,15H2,1-2H3. The van der Waals surface area contributed by atoms with Gasteiger partial charge in [-0.1, -0.05) is 48.5 Å². The summed E-state index contributed by atoms with van der Waals surface area (Å²) in [5.41, 5.74) is 6.28. The number of hydrogen-bond donors (Lipinski definition) is 0. The highest BCUT2D eigenvalue weighted by Crippen LogP contribution is 2.38. The number of para-hydroxylation sites is 1. The number of hydrogen-bond acceptors (Lipinski definition) is 2. The Labute approximate surface area is 143 Å². The van der Waals surface area contributed by atoms with E-state index < -0.39 is 0 Å². The second-order valence-corrected chi connectivity index (χ2v) is 6.85. The zero-order valence-electron chi connectivity index (χ0n) is 14.2. The Morgan fingerprint density at radius 2 is 1.75 bits per heavy atom. The van der Waals surface area contributed by atoms with Crippen molar-refractivity contribution in [3.63, 3.8) is 0 Å². The first-order valence-corrected chi connectivity index (χ1v) is 8.51. The summed E-state index contributed by atoms with van der Waals surface area (Å²) < 4.78 is 0. The van der Waals surface area contributed by atoms with Gasteiger partial charge in [0.1, 0.15) is 0 Å². The quantitative estimate of drug-likeness (QED) is 0.689. The van der Waals surface area contributed by atoms with Crippen LogP contribution in [0.15, 0.2) is 60.7 Å². The summed E-state index contributed by atoms with van der Waals surface area (Å²) in [7, 11) is 4.29. The van der Waals surface area contributed by atoms with Crippen LogP contribution in [0.5, 0.6) is 0 Å². The maximum absolute atomic E-state index is 4.95. The first-order valence-electron chi connectivity index (χ1n) is 8.51. The summed E-state index contributed by atoms with van der Waals surface area (Å²) >= 11 is 0. The average molecular weight is 314 g/mol. The van der Waals surface area contributed by atoms with Crippen LogP contribution >= 0.6 is 0 Å². The molecule has 4 rings (SSSR count). The smallest absolute Gasteiger partial charge is 0.0709 e. The van der Waals surface area contributed by atoms with Crippen LogP contribution in [0.4, 0.5) is 0 Å². The van der Waals surface area contributed by atoms with Gasteiger partial charge in [0, 0.05) is 17.8 Å². The van der Waals surface area contributed by atoms with E-state index >= 15 is 0 Å². The van der Waals surface area contributed by atoms with E-state index in [1.807, 2.05) is 0 Å². The number of benzene rings is 2. The molecule has 1 aromatic heterocycles. The first kappa shape index (κ1) is 15.1.